The predicted octanol–water partition coefficient (Wildman–Crippen LogP) is 7.32. The first-order valence-electron chi connectivity index (χ1n) is 11.0. The van der Waals surface area contributed by atoms with Crippen molar-refractivity contribution < 1.29 is 13.6 Å². The maximum absolute atomic E-state index is 13.6. The van der Waals surface area contributed by atoms with Crippen LogP contribution in [0.2, 0.25) is 0 Å². The van der Waals surface area contributed by atoms with E-state index in [1.807, 2.05) is 36.6 Å². The molecule has 0 saturated carbocycles. The second-order valence-corrected chi connectivity index (χ2v) is 8.95. The SMILES string of the molecule is CNC(=O)c1c(-c2ccc(F)cc2)oc2cc(N(CC=C(C)C)SC)c(-c3ccccc3)cc12. The Bertz CT molecular complexity index is 1340. The van der Waals surface area contributed by atoms with Crippen molar-refractivity contribution in [1.82, 2.24) is 5.32 Å². The highest BCUT2D eigenvalue weighted by Gasteiger charge is 2.24. The minimum absolute atomic E-state index is 0.254. The fourth-order valence-corrected chi connectivity index (χ4v) is 4.45. The summed E-state index contributed by atoms with van der Waals surface area (Å²) in [5, 5.41) is 3.44. The van der Waals surface area contributed by atoms with E-state index in [0.29, 0.717) is 27.9 Å². The summed E-state index contributed by atoms with van der Waals surface area (Å²) in [6, 6.07) is 20.1. The number of carbonyl (C=O) groups excluding carboxylic acids is 1. The van der Waals surface area contributed by atoms with Crippen molar-refractivity contribution in [2.24, 2.45) is 0 Å². The molecule has 1 N–H and O–H groups in total. The average molecular weight is 475 g/mol. The molecule has 3 aromatic carbocycles. The lowest BCUT2D eigenvalue weighted by Crippen LogP contribution is -2.18. The molecule has 174 valence electrons. The third kappa shape index (κ3) is 4.73. The molecule has 1 heterocycles. The molecular weight excluding hydrogens is 447 g/mol. The number of halogens is 1. The monoisotopic (exact) mass is 474 g/mol. The van der Waals surface area contributed by atoms with Crippen LogP contribution < -0.4 is 9.62 Å². The maximum atomic E-state index is 13.6. The number of furan rings is 1. The molecule has 0 bridgehead atoms. The maximum Gasteiger partial charge on any atom is 0.255 e. The summed E-state index contributed by atoms with van der Waals surface area (Å²) in [6.45, 7) is 4.89. The Morgan fingerprint density at radius 1 is 1.06 bits per heavy atom. The Morgan fingerprint density at radius 3 is 2.38 bits per heavy atom. The van der Waals surface area contributed by atoms with Crippen LogP contribution >= 0.6 is 11.9 Å². The van der Waals surface area contributed by atoms with E-state index in [9.17, 15) is 9.18 Å². The van der Waals surface area contributed by atoms with Crippen LogP contribution in [0.4, 0.5) is 10.1 Å². The zero-order chi connectivity index (χ0) is 24.2. The van der Waals surface area contributed by atoms with E-state index in [1.54, 1.807) is 31.1 Å². The number of hydrogen-bond donors (Lipinski definition) is 1. The number of rotatable bonds is 7. The predicted molar refractivity (Wildman–Crippen MR) is 141 cm³/mol. The number of hydrogen-bond acceptors (Lipinski definition) is 4. The molecule has 1 amide bonds. The van der Waals surface area contributed by atoms with E-state index >= 15 is 0 Å². The number of allylic oxidation sites excluding steroid dienone is 1. The van der Waals surface area contributed by atoms with E-state index in [2.05, 4.69) is 41.7 Å². The highest BCUT2D eigenvalue weighted by molar-refractivity contribution is 8.00. The van der Waals surface area contributed by atoms with Gasteiger partial charge in [-0.15, -0.1) is 0 Å². The van der Waals surface area contributed by atoms with Crippen LogP contribution in [-0.2, 0) is 0 Å². The largest absolute Gasteiger partial charge is 0.455 e. The van der Waals surface area contributed by atoms with Gasteiger partial charge in [-0.2, -0.15) is 0 Å². The second kappa shape index (κ2) is 10.2. The number of benzene rings is 3. The summed E-state index contributed by atoms with van der Waals surface area (Å²) in [5.41, 5.74) is 5.96. The quantitative estimate of drug-likeness (QED) is 0.225. The average Bonchev–Trinajstić information content (AvgIpc) is 3.22. The van der Waals surface area contributed by atoms with Crippen molar-refractivity contribution in [3.8, 4) is 22.5 Å². The van der Waals surface area contributed by atoms with Crippen LogP contribution in [-0.4, -0.2) is 25.8 Å². The molecule has 6 heteroatoms. The molecule has 0 aliphatic rings. The van der Waals surface area contributed by atoms with Crippen molar-refractivity contribution in [2.75, 3.05) is 24.2 Å². The van der Waals surface area contributed by atoms with E-state index in [-0.39, 0.29) is 11.7 Å². The molecule has 0 spiro atoms. The molecule has 0 aliphatic carbocycles. The lowest BCUT2D eigenvalue weighted by Gasteiger charge is -2.23. The topological polar surface area (TPSA) is 45.5 Å². The first-order valence-corrected chi connectivity index (χ1v) is 12.2. The molecule has 0 radical (unpaired) electrons. The standard InChI is InChI=1S/C28H27FN2O2S/c1-18(2)14-15-31(34-4)24-17-25-23(16-22(24)19-8-6-5-7-9-19)26(28(32)30-3)27(33-25)20-10-12-21(29)13-11-20/h5-14,16-17H,15H2,1-4H3,(H,30,32). The first-order chi connectivity index (χ1) is 16.4. The van der Waals surface area contributed by atoms with Crippen molar-refractivity contribution in [3.63, 3.8) is 0 Å². The Kier molecular flexibility index (Phi) is 7.08. The van der Waals surface area contributed by atoms with Crippen LogP contribution in [0.1, 0.15) is 24.2 Å². The van der Waals surface area contributed by atoms with Crippen LogP contribution in [0.5, 0.6) is 0 Å². The fraction of sp³-hybridized carbons (Fsp3) is 0.179. The third-order valence-electron chi connectivity index (χ3n) is 5.61. The molecule has 1 aromatic heterocycles. The molecule has 0 aliphatic heterocycles. The van der Waals surface area contributed by atoms with E-state index in [0.717, 1.165) is 23.4 Å². The van der Waals surface area contributed by atoms with Gasteiger partial charge in [-0.3, -0.25) is 4.79 Å². The molecular formula is C28H27FN2O2S. The molecule has 4 rings (SSSR count). The fourth-order valence-electron chi connectivity index (χ4n) is 3.88. The van der Waals surface area contributed by atoms with Crippen molar-refractivity contribution >= 4 is 34.5 Å². The minimum Gasteiger partial charge on any atom is -0.455 e. The molecule has 4 aromatic rings. The minimum atomic E-state index is -0.343. The Labute approximate surface area is 203 Å². The second-order valence-electron chi connectivity index (χ2n) is 8.15. The third-order valence-corrected chi connectivity index (χ3v) is 6.39. The van der Waals surface area contributed by atoms with Gasteiger partial charge in [-0.25, -0.2) is 4.39 Å². The van der Waals surface area contributed by atoms with Crippen LogP contribution in [0.25, 0.3) is 33.4 Å². The van der Waals surface area contributed by atoms with Gasteiger partial charge >= 0.3 is 0 Å². The summed E-state index contributed by atoms with van der Waals surface area (Å²) >= 11 is 1.63. The number of fused-ring (bicyclic) bond motifs is 1. The van der Waals surface area contributed by atoms with Gasteiger partial charge in [-0.1, -0.05) is 53.9 Å². The van der Waals surface area contributed by atoms with Gasteiger partial charge in [0.1, 0.15) is 17.2 Å². The van der Waals surface area contributed by atoms with Gasteiger partial charge in [-0.05, 0) is 49.7 Å². The molecule has 0 fully saturated rings. The molecule has 0 saturated heterocycles. The summed E-state index contributed by atoms with van der Waals surface area (Å²) in [5.74, 6) is -0.175. The zero-order valence-corrected chi connectivity index (χ0v) is 20.5. The molecule has 34 heavy (non-hydrogen) atoms. The Hall–Kier alpha value is -3.51. The van der Waals surface area contributed by atoms with Gasteiger partial charge in [0.25, 0.3) is 5.91 Å². The van der Waals surface area contributed by atoms with E-state index in [4.69, 9.17) is 4.42 Å². The van der Waals surface area contributed by atoms with Crippen molar-refractivity contribution in [2.45, 2.75) is 13.8 Å². The zero-order valence-electron chi connectivity index (χ0n) is 19.7. The lowest BCUT2D eigenvalue weighted by atomic mass is 9.98. The highest BCUT2D eigenvalue weighted by atomic mass is 32.2. The van der Waals surface area contributed by atoms with Gasteiger partial charge in [0.2, 0.25) is 0 Å². The number of anilines is 1. The molecule has 4 nitrogen and oxygen atoms in total. The highest BCUT2D eigenvalue weighted by Crippen LogP contribution is 2.42. The van der Waals surface area contributed by atoms with Crippen LogP contribution in [0, 0.1) is 5.82 Å². The number of nitrogens with zero attached hydrogens (tertiary/aromatic N) is 1. The van der Waals surface area contributed by atoms with Gasteiger partial charge in [0.15, 0.2) is 0 Å². The normalized spacial score (nSPS) is 10.9. The van der Waals surface area contributed by atoms with Crippen molar-refractivity contribution in [1.29, 1.82) is 0 Å². The molecule has 0 atom stereocenters. The Morgan fingerprint density at radius 2 is 1.76 bits per heavy atom. The summed E-state index contributed by atoms with van der Waals surface area (Å²) in [7, 11) is 1.59. The van der Waals surface area contributed by atoms with Gasteiger partial charge in [0, 0.05) is 42.4 Å². The smallest absolute Gasteiger partial charge is 0.255 e. The Balaban J connectivity index is 2.01. The van der Waals surface area contributed by atoms with E-state index in [1.165, 1.54) is 17.7 Å². The van der Waals surface area contributed by atoms with Crippen molar-refractivity contribution in [3.05, 3.63) is 89.8 Å². The molecule has 0 unspecified atom stereocenters. The first kappa shape index (κ1) is 23.6. The lowest BCUT2D eigenvalue weighted by molar-refractivity contribution is 0.0964. The summed E-state index contributed by atoms with van der Waals surface area (Å²) < 4.78 is 22.0. The summed E-state index contributed by atoms with van der Waals surface area (Å²) in [6.07, 6.45) is 4.22. The van der Waals surface area contributed by atoms with Crippen LogP contribution in [0.3, 0.4) is 0 Å². The number of carbonyl (C=O) groups is 1. The number of nitrogens with one attached hydrogen (secondary N) is 1. The van der Waals surface area contributed by atoms with Crippen LogP contribution in [0.15, 0.2) is 82.8 Å². The van der Waals surface area contributed by atoms with Gasteiger partial charge in [0.05, 0.1) is 11.3 Å². The summed E-state index contributed by atoms with van der Waals surface area (Å²) in [4.78, 5) is 13.0. The number of amides is 1. The van der Waals surface area contributed by atoms with Gasteiger partial charge < -0.3 is 14.0 Å². The van der Waals surface area contributed by atoms with E-state index < -0.39 is 0 Å².